The third-order valence-electron chi connectivity index (χ3n) is 1.46. The zero-order valence-electron chi connectivity index (χ0n) is 6.42. The predicted octanol–water partition coefficient (Wildman–Crippen LogP) is 2.42. The van der Waals surface area contributed by atoms with Gasteiger partial charge in [-0.2, -0.15) is 0 Å². The zero-order valence-corrected chi connectivity index (χ0v) is 6.42. The zero-order chi connectivity index (χ0) is 7.40. The van der Waals surface area contributed by atoms with Gasteiger partial charge in [0.15, 0.2) is 0 Å². The van der Waals surface area contributed by atoms with E-state index in [1.54, 1.807) is 7.11 Å². The van der Waals surface area contributed by atoms with Crippen LogP contribution < -0.4 is 0 Å². The van der Waals surface area contributed by atoms with Crippen molar-refractivity contribution < 1.29 is 4.74 Å². The standard InChI is InChI=1S/C9H12O/c1-8-5-3-4-6-9(7-8)10-2/h3-4,6-7H,5H2,1-2H3. The van der Waals surface area contributed by atoms with Gasteiger partial charge in [-0.15, -0.1) is 0 Å². The van der Waals surface area contributed by atoms with E-state index in [1.165, 1.54) is 5.57 Å². The maximum absolute atomic E-state index is 5.08. The molecule has 0 spiro atoms. The molecule has 1 rings (SSSR count). The van der Waals surface area contributed by atoms with Crippen LogP contribution >= 0.6 is 0 Å². The van der Waals surface area contributed by atoms with Gasteiger partial charge < -0.3 is 4.74 Å². The maximum atomic E-state index is 5.08. The minimum Gasteiger partial charge on any atom is -0.497 e. The molecule has 0 aromatic carbocycles. The Morgan fingerprint density at radius 3 is 3.00 bits per heavy atom. The summed E-state index contributed by atoms with van der Waals surface area (Å²) in [5.74, 6) is 0.936. The monoisotopic (exact) mass is 136 g/mol. The molecule has 0 bridgehead atoms. The summed E-state index contributed by atoms with van der Waals surface area (Å²) < 4.78 is 5.08. The normalized spacial score (nSPS) is 17.4. The summed E-state index contributed by atoms with van der Waals surface area (Å²) in [7, 11) is 1.69. The van der Waals surface area contributed by atoms with Crippen LogP contribution in [0.3, 0.4) is 0 Å². The van der Waals surface area contributed by atoms with E-state index in [1.807, 2.05) is 12.2 Å². The Morgan fingerprint density at radius 2 is 2.30 bits per heavy atom. The first-order chi connectivity index (χ1) is 4.83. The molecular weight excluding hydrogens is 124 g/mol. The second kappa shape index (κ2) is 3.25. The van der Waals surface area contributed by atoms with Crippen LogP contribution in [0.15, 0.2) is 35.6 Å². The number of allylic oxidation sites excluding steroid dienone is 5. The average Bonchev–Trinajstić information content (AvgIpc) is 2.13. The van der Waals surface area contributed by atoms with Crippen LogP contribution in [-0.2, 0) is 4.74 Å². The Morgan fingerprint density at radius 1 is 1.50 bits per heavy atom. The molecule has 0 aliphatic heterocycles. The van der Waals surface area contributed by atoms with Crippen LogP contribution in [0.4, 0.5) is 0 Å². The summed E-state index contributed by atoms with van der Waals surface area (Å²) in [6, 6.07) is 0. The first-order valence-electron chi connectivity index (χ1n) is 3.41. The lowest BCUT2D eigenvalue weighted by atomic mass is 10.2. The van der Waals surface area contributed by atoms with Crippen molar-refractivity contribution in [3.05, 3.63) is 35.6 Å². The van der Waals surface area contributed by atoms with Gasteiger partial charge >= 0.3 is 0 Å². The van der Waals surface area contributed by atoms with Gasteiger partial charge in [0.1, 0.15) is 5.76 Å². The highest BCUT2D eigenvalue weighted by molar-refractivity contribution is 5.26. The summed E-state index contributed by atoms with van der Waals surface area (Å²) in [6.45, 7) is 2.10. The highest BCUT2D eigenvalue weighted by Crippen LogP contribution is 2.11. The molecule has 0 heterocycles. The molecule has 54 valence electrons. The van der Waals surface area contributed by atoms with E-state index >= 15 is 0 Å². The van der Waals surface area contributed by atoms with Gasteiger partial charge in [-0.1, -0.05) is 17.7 Å². The lowest BCUT2D eigenvalue weighted by Crippen LogP contribution is -1.80. The van der Waals surface area contributed by atoms with Gasteiger partial charge in [0, 0.05) is 0 Å². The molecule has 0 saturated heterocycles. The van der Waals surface area contributed by atoms with Crippen LogP contribution in [0.5, 0.6) is 0 Å². The van der Waals surface area contributed by atoms with E-state index in [4.69, 9.17) is 4.74 Å². The van der Waals surface area contributed by atoms with E-state index in [-0.39, 0.29) is 0 Å². The van der Waals surface area contributed by atoms with E-state index in [2.05, 4.69) is 19.1 Å². The first kappa shape index (κ1) is 7.13. The topological polar surface area (TPSA) is 9.23 Å². The minimum absolute atomic E-state index is 0.936. The highest BCUT2D eigenvalue weighted by atomic mass is 16.5. The van der Waals surface area contributed by atoms with Crippen molar-refractivity contribution in [3.63, 3.8) is 0 Å². The van der Waals surface area contributed by atoms with Crippen molar-refractivity contribution in [2.24, 2.45) is 0 Å². The van der Waals surface area contributed by atoms with Crippen molar-refractivity contribution in [3.8, 4) is 0 Å². The van der Waals surface area contributed by atoms with E-state index < -0.39 is 0 Å². The van der Waals surface area contributed by atoms with Crippen molar-refractivity contribution in [2.45, 2.75) is 13.3 Å². The number of hydrogen-bond donors (Lipinski definition) is 0. The van der Waals surface area contributed by atoms with Crippen LogP contribution in [0.2, 0.25) is 0 Å². The largest absolute Gasteiger partial charge is 0.497 e. The summed E-state index contributed by atoms with van der Waals surface area (Å²) in [5.41, 5.74) is 1.34. The van der Waals surface area contributed by atoms with Gasteiger partial charge in [0.2, 0.25) is 0 Å². The van der Waals surface area contributed by atoms with Gasteiger partial charge in [0.25, 0.3) is 0 Å². The summed E-state index contributed by atoms with van der Waals surface area (Å²) >= 11 is 0. The number of ether oxygens (including phenoxy) is 1. The molecule has 0 atom stereocenters. The fourth-order valence-electron chi connectivity index (χ4n) is 0.894. The molecule has 0 saturated carbocycles. The van der Waals surface area contributed by atoms with E-state index in [9.17, 15) is 0 Å². The minimum atomic E-state index is 0.936. The van der Waals surface area contributed by atoms with E-state index in [0.717, 1.165) is 12.2 Å². The third-order valence-corrected chi connectivity index (χ3v) is 1.46. The lowest BCUT2D eigenvalue weighted by molar-refractivity contribution is 0.306. The average molecular weight is 136 g/mol. The number of methoxy groups -OCH3 is 1. The van der Waals surface area contributed by atoms with E-state index in [0.29, 0.717) is 0 Å². The number of hydrogen-bond acceptors (Lipinski definition) is 1. The van der Waals surface area contributed by atoms with Crippen LogP contribution in [0.1, 0.15) is 13.3 Å². The Hall–Kier alpha value is -0.980. The summed E-state index contributed by atoms with van der Waals surface area (Å²) in [5, 5.41) is 0. The summed E-state index contributed by atoms with van der Waals surface area (Å²) in [4.78, 5) is 0. The fourth-order valence-corrected chi connectivity index (χ4v) is 0.894. The molecule has 0 radical (unpaired) electrons. The molecule has 0 unspecified atom stereocenters. The third kappa shape index (κ3) is 1.76. The molecular formula is C9H12O. The Bertz CT molecular complexity index is 194. The van der Waals surface area contributed by atoms with Crippen LogP contribution in [0, 0.1) is 0 Å². The Kier molecular flexibility index (Phi) is 2.32. The quantitative estimate of drug-likeness (QED) is 0.538. The predicted molar refractivity (Wildman–Crippen MR) is 42.6 cm³/mol. The van der Waals surface area contributed by atoms with Crippen LogP contribution in [-0.4, -0.2) is 7.11 Å². The van der Waals surface area contributed by atoms with Crippen molar-refractivity contribution in [1.29, 1.82) is 0 Å². The molecule has 1 aliphatic rings. The van der Waals surface area contributed by atoms with Gasteiger partial charge in [-0.25, -0.2) is 0 Å². The van der Waals surface area contributed by atoms with Crippen LogP contribution in [0.25, 0.3) is 0 Å². The molecule has 10 heavy (non-hydrogen) atoms. The van der Waals surface area contributed by atoms with Gasteiger partial charge in [0.05, 0.1) is 7.11 Å². The fraction of sp³-hybridized carbons (Fsp3) is 0.333. The van der Waals surface area contributed by atoms with Crippen molar-refractivity contribution in [2.75, 3.05) is 7.11 Å². The van der Waals surface area contributed by atoms with Gasteiger partial charge in [-0.3, -0.25) is 0 Å². The second-order valence-electron chi connectivity index (χ2n) is 2.40. The van der Waals surface area contributed by atoms with Crippen molar-refractivity contribution in [1.82, 2.24) is 0 Å². The Balaban J connectivity index is 2.78. The smallest absolute Gasteiger partial charge is 0.118 e. The molecule has 0 N–H and O–H groups in total. The first-order valence-corrected chi connectivity index (χ1v) is 3.41. The molecule has 1 heteroatoms. The molecule has 1 aliphatic carbocycles. The molecule has 0 aromatic rings. The molecule has 1 nitrogen and oxygen atoms in total. The molecule has 0 aromatic heterocycles. The molecule has 0 fully saturated rings. The molecule has 0 amide bonds. The number of rotatable bonds is 1. The highest BCUT2D eigenvalue weighted by Gasteiger charge is 1.94. The second-order valence-corrected chi connectivity index (χ2v) is 2.40. The maximum Gasteiger partial charge on any atom is 0.118 e. The Labute approximate surface area is 61.7 Å². The lowest BCUT2D eigenvalue weighted by Gasteiger charge is -1.98. The SMILES string of the molecule is COC1=CC=CCC(C)=C1. The van der Waals surface area contributed by atoms with Crippen molar-refractivity contribution >= 4 is 0 Å². The summed E-state index contributed by atoms with van der Waals surface area (Å²) in [6.07, 6.45) is 9.20. The van der Waals surface area contributed by atoms with Gasteiger partial charge in [-0.05, 0) is 25.5 Å².